The maximum absolute atomic E-state index is 12.5. The molecular formula is C20H27N3O2. The van der Waals surface area contributed by atoms with Gasteiger partial charge in [0.05, 0.1) is 5.69 Å². The molecule has 5 heteroatoms. The van der Waals surface area contributed by atoms with Crippen molar-refractivity contribution in [3.63, 3.8) is 0 Å². The highest BCUT2D eigenvalue weighted by Gasteiger charge is 2.22. The lowest BCUT2D eigenvalue weighted by Crippen LogP contribution is -2.35. The Kier molecular flexibility index (Phi) is 5.77. The summed E-state index contributed by atoms with van der Waals surface area (Å²) in [6.45, 7) is 10.2. The van der Waals surface area contributed by atoms with Gasteiger partial charge in [-0.25, -0.2) is 4.98 Å². The number of aromatic amines is 1. The van der Waals surface area contributed by atoms with Crippen LogP contribution in [0.4, 0.5) is 0 Å². The second kappa shape index (κ2) is 7.64. The fourth-order valence-corrected chi connectivity index (χ4v) is 2.74. The first-order chi connectivity index (χ1) is 11.7. The maximum Gasteiger partial charge on any atom is 0.264 e. The van der Waals surface area contributed by atoms with E-state index in [4.69, 9.17) is 0 Å². The van der Waals surface area contributed by atoms with Gasteiger partial charge in [-0.3, -0.25) is 9.59 Å². The quantitative estimate of drug-likeness (QED) is 0.876. The van der Waals surface area contributed by atoms with E-state index in [0.717, 1.165) is 6.42 Å². The zero-order valence-electron chi connectivity index (χ0n) is 15.6. The first kappa shape index (κ1) is 18.9. The molecule has 0 aliphatic carbocycles. The van der Waals surface area contributed by atoms with E-state index in [-0.39, 0.29) is 28.4 Å². The van der Waals surface area contributed by atoms with Gasteiger partial charge in [0.1, 0.15) is 11.4 Å². The molecule has 0 aliphatic heterocycles. The number of carbonyl (C=O) groups is 1. The Morgan fingerprint density at radius 3 is 2.40 bits per heavy atom. The zero-order chi connectivity index (χ0) is 18.6. The average molecular weight is 341 g/mol. The number of nitrogens with zero attached hydrogens (tertiary/aromatic N) is 1. The maximum atomic E-state index is 12.5. The van der Waals surface area contributed by atoms with Gasteiger partial charge in [0.2, 0.25) is 0 Å². The van der Waals surface area contributed by atoms with Crippen molar-refractivity contribution in [1.29, 1.82) is 0 Å². The normalized spacial score (nSPS) is 12.7. The number of amides is 1. The topological polar surface area (TPSA) is 74.8 Å². The van der Waals surface area contributed by atoms with Crippen LogP contribution in [0.5, 0.6) is 0 Å². The van der Waals surface area contributed by atoms with Crippen LogP contribution in [-0.4, -0.2) is 22.4 Å². The zero-order valence-corrected chi connectivity index (χ0v) is 15.6. The molecule has 0 spiro atoms. The highest BCUT2D eigenvalue weighted by molar-refractivity contribution is 5.94. The van der Waals surface area contributed by atoms with Crippen LogP contribution in [0.15, 0.2) is 35.1 Å². The Bertz CT molecular complexity index is 789. The number of aromatic nitrogens is 2. The molecule has 1 unspecified atom stereocenters. The number of hydrogen-bond acceptors (Lipinski definition) is 3. The number of benzene rings is 1. The Morgan fingerprint density at radius 1 is 1.24 bits per heavy atom. The second-order valence-corrected chi connectivity index (χ2v) is 7.35. The van der Waals surface area contributed by atoms with Gasteiger partial charge in [0, 0.05) is 17.9 Å². The number of aryl methyl sites for hydroxylation is 1. The lowest BCUT2D eigenvalue weighted by Gasteiger charge is -2.19. The Labute approximate surface area is 148 Å². The molecule has 0 saturated carbocycles. The van der Waals surface area contributed by atoms with Gasteiger partial charge in [-0.05, 0) is 18.9 Å². The van der Waals surface area contributed by atoms with E-state index in [1.165, 1.54) is 5.56 Å². The van der Waals surface area contributed by atoms with E-state index < -0.39 is 0 Å². The number of rotatable bonds is 5. The second-order valence-electron chi connectivity index (χ2n) is 7.35. The first-order valence-corrected chi connectivity index (χ1v) is 8.68. The van der Waals surface area contributed by atoms with Gasteiger partial charge in [-0.1, -0.05) is 58.0 Å². The Hall–Kier alpha value is -2.43. The molecule has 25 heavy (non-hydrogen) atoms. The van der Waals surface area contributed by atoms with Crippen molar-refractivity contribution in [3.05, 3.63) is 63.3 Å². The molecule has 1 aromatic heterocycles. The number of carbonyl (C=O) groups excluding carboxylic acids is 1. The highest BCUT2D eigenvalue weighted by Crippen LogP contribution is 2.19. The third-order valence-electron chi connectivity index (χ3n) is 4.31. The Balaban J connectivity index is 2.17. The number of nitrogens with one attached hydrogen (secondary N) is 2. The third kappa shape index (κ3) is 4.56. The molecular weight excluding hydrogens is 314 g/mol. The van der Waals surface area contributed by atoms with E-state index in [1.54, 1.807) is 6.92 Å². The van der Waals surface area contributed by atoms with Crippen LogP contribution in [0, 0.1) is 6.92 Å². The molecule has 134 valence electrons. The minimum Gasteiger partial charge on any atom is -0.351 e. The van der Waals surface area contributed by atoms with Crippen molar-refractivity contribution in [1.82, 2.24) is 15.3 Å². The third-order valence-corrected chi connectivity index (χ3v) is 4.31. The summed E-state index contributed by atoms with van der Waals surface area (Å²) >= 11 is 0. The molecule has 2 N–H and O–H groups in total. The lowest BCUT2D eigenvalue weighted by molar-refractivity contribution is 0.0948. The highest BCUT2D eigenvalue weighted by atomic mass is 16.2. The van der Waals surface area contributed by atoms with Crippen LogP contribution in [0.1, 0.15) is 67.5 Å². The largest absolute Gasteiger partial charge is 0.351 e. The number of H-pyrrole nitrogens is 1. The molecule has 0 radical (unpaired) electrons. The van der Waals surface area contributed by atoms with Crippen molar-refractivity contribution in [2.24, 2.45) is 0 Å². The molecule has 0 fully saturated rings. The molecule has 1 heterocycles. The van der Waals surface area contributed by atoms with Crippen LogP contribution in [0.3, 0.4) is 0 Å². The van der Waals surface area contributed by atoms with Crippen molar-refractivity contribution < 1.29 is 4.79 Å². The van der Waals surface area contributed by atoms with E-state index in [1.807, 2.05) is 39.0 Å². The summed E-state index contributed by atoms with van der Waals surface area (Å²) in [5, 5.41) is 2.89. The van der Waals surface area contributed by atoms with Gasteiger partial charge in [-0.2, -0.15) is 0 Å². The molecule has 2 aromatic rings. The Morgan fingerprint density at radius 2 is 1.88 bits per heavy atom. The molecule has 0 saturated heterocycles. The van der Waals surface area contributed by atoms with Crippen LogP contribution in [-0.2, 0) is 5.41 Å². The lowest BCUT2D eigenvalue weighted by atomic mass is 9.95. The van der Waals surface area contributed by atoms with Crippen LogP contribution in [0.2, 0.25) is 0 Å². The minimum absolute atomic E-state index is 0.0934. The summed E-state index contributed by atoms with van der Waals surface area (Å²) in [6, 6.07) is 10.1. The molecule has 5 nitrogen and oxygen atoms in total. The van der Waals surface area contributed by atoms with Crippen molar-refractivity contribution in [2.75, 3.05) is 6.54 Å². The monoisotopic (exact) mass is 341 g/mol. The van der Waals surface area contributed by atoms with E-state index >= 15 is 0 Å². The fraction of sp³-hybridized carbons (Fsp3) is 0.450. The first-order valence-electron chi connectivity index (χ1n) is 8.68. The predicted octanol–water partition coefficient (Wildman–Crippen LogP) is 3.30. The smallest absolute Gasteiger partial charge is 0.264 e. The van der Waals surface area contributed by atoms with Crippen LogP contribution >= 0.6 is 0 Å². The summed E-state index contributed by atoms with van der Waals surface area (Å²) < 4.78 is 0. The van der Waals surface area contributed by atoms with Gasteiger partial charge >= 0.3 is 0 Å². The summed E-state index contributed by atoms with van der Waals surface area (Å²) in [4.78, 5) is 32.1. The summed E-state index contributed by atoms with van der Waals surface area (Å²) in [5.41, 5.74) is 1.06. The number of hydrogen-bond donors (Lipinski definition) is 2. The van der Waals surface area contributed by atoms with Gasteiger partial charge in [0.25, 0.3) is 11.5 Å². The molecule has 0 bridgehead atoms. The van der Waals surface area contributed by atoms with E-state index in [9.17, 15) is 9.59 Å². The molecule has 0 aliphatic rings. The summed E-state index contributed by atoms with van der Waals surface area (Å²) in [6.07, 6.45) is 0.904. The molecule has 2 rings (SSSR count). The van der Waals surface area contributed by atoms with Crippen LogP contribution in [0.25, 0.3) is 0 Å². The summed E-state index contributed by atoms with van der Waals surface area (Å²) in [7, 11) is 0. The minimum atomic E-state index is -0.386. The summed E-state index contributed by atoms with van der Waals surface area (Å²) in [5.74, 6) is 0.426. The van der Waals surface area contributed by atoms with Crippen molar-refractivity contribution in [3.8, 4) is 0 Å². The van der Waals surface area contributed by atoms with E-state index in [2.05, 4.69) is 34.3 Å². The van der Waals surface area contributed by atoms with Crippen molar-refractivity contribution >= 4 is 5.91 Å². The fourth-order valence-electron chi connectivity index (χ4n) is 2.74. The van der Waals surface area contributed by atoms with Crippen molar-refractivity contribution in [2.45, 2.75) is 52.4 Å². The average Bonchev–Trinajstić information content (AvgIpc) is 2.55. The molecule has 1 aromatic carbocycles. The van der Waals surface area contributed by atoms with Gasteiger partial charge in [0.15, 0.2) is 0 Å². The standard InChI is InChI=1S/C20H27N3O2/c1-6-14(15-10-8-7-9-11-15)12-21-17(24)16-13(2)22-19(20(3,4)5)23-18(16)25/h7-11,14H,6,12H2,1-5H3,(H,21,24)(H,22,23,25). The predicted molar refractivity (Wildman–Crippen MR) is 100 cm³/mol. The van der Waals surface area contributed by atoms with E-state index in [0.29, 0.717) is 18.1 Å². The van der Waals surface area contributed by atoms with Gasteiger partial charge in [-0.15, -0.1) is 0 Å². The molecule has 1 amide bonds. The SMILES string of the molecule is CCC(CNC(=O)c1c(C)nc(C(C)(C)C)[nH]c1=O)c1ccccc1. The van der Waals surface area contributed by atoms with Crippen LogP contribution < -0.4 is 10.9 Å². The van der Waals surface area contributed by atoms with Gasteiger partial charge < -0.3 is 10.3 Å². The molecule has 1 atom stereocenters.